The van der Waals surface area contributed by atoms with Crippen molar-refractivity contribution in [2.75, 3.05) is 5.32 Å². The summed E-state index contributed by atoms with van der Waals surface area (Å²) in [5.74, 6) is 0.228. The molecule has 0 aliphatic heterocycles. The highest BCUT2D eigenvalue weighted by atomic mass is 35.5. The predicted octanol–water partition coefficient (Wildman–Crippen LogP) is 4.86. The highest BCUT2D eigenvalue weighted by molar-refractivity contribution is 6.35. The number of carbonyl (C=O) groups excluding carboxylic acids is 2. The van der Waals surface area contributed by atoms with Crippen LogP contribution < -0.4 is 15.4 Å². The topological polar surface area (TPSA) is 80.3 Å². The summed E-state index contributed by atoms with van der Waals surface area (Å²) >= 11 is 12.0. The molecule has 4 rings (SSSR count). The average molecular weight is 448 g/mol. The van der Waals surface area contributed by atoms with Crippen molar-refractivity contribution < 1.29 is 14.3 Å². The van der Waals surface area contributed by atoms with Crippen LogP contribution in [0.5, 0.6) is 5.88 Å². The molecular formula is C22H23Cl2N3O3. The monoisotopic (exact) mass is 447 g/mol. The molecule has 6 nitrogen and oxygen atoms in total. The van der Waals surface area contributed by atoms with Crippen LogP contribution in [0.2, 0.25) is 10.0 Å². The summed E-state index contributed by atoms with van der Waals surface area (Å²) in [5.41, 5.74) is 1.30. The Morgan fingerprint density at radius 1 is 1.00 bits per heavy atom. The van der Waals surface area contributed by atoms with Gasteiger partial charge in [-0.1, -0.05) is 23.2 Å². The lowest BCUT2D eigenvalue weighted by Gasteiger charge is -2.28. The Balaban J connectivity index is 1.25. The van der Waals surface area contributed by atoms with Crippen LogP contribution in [-0.4, -0.2) is 28.9 Å². The second-order valence-electron chi connectivity index (χ2n) is 7.85. The van der Waals surface area contributed by atoms with Gasteiger partial charge < -0.3 is 15.4 Å². The summed E-state index contributed by atoms with van der Waals surface area (Å²) in [6.07, 6.45) is 6.53. The van der Waals surface area contributed by atoms with E-state index in [9.17, 15) is 9.59 Å². The molecule has 1 heterocycles. The fraction of sp³-hybridized carbons (Fsp3) is 0.409. The Morgan fingerprint density at radius 3 is 2.33 bits per heavy atom. The van der Waals surface area contributed by atoms with Crippen molar-refractivity contribution >= 4 is 40.7 Å². The van der Waals surface area contributed by atoms with Gasteiger partial charge in [0.15, 0.2) is 0 Å². The average Bonchev–Trinajstić information content (AvgIpc) is 3.55. The molecule has 158 valence electrons. The van der Waals surface area contributed by atoms with Gasteiger partial charge >= 0.3 is 0 Å². The summed E-state index contributed by atoms with van der Waals surface area (Å²) in [5, 5.41) is 6.75. The first kappa shape index (κ1) is 20.9. The maximum atomic E-state index is 12.6. The number of hydrogen-bond acceptors (Lipinski definition) is 4. The number of benzene rings is 1. The lowest BCUT2D eigenvalue weighted by atomic mass is 9.86. The third-order valence-electron chi connectivity index (χ3n) is 5.42. The third-order valence-corrected chi connectivity index (χ3v) is 5.90. The molecule has 1 aromatic carbocycles. The van der Waals surface area contributed by atoms with Crippen molar-refractivity contribution in [1.29, 1.82) is 0 Å². The molecule has 0 bridgehead atoms. The van der Waals surface area contributed by atoms with Gasteiger partial charge in [0.25, 0.3) is 5.91 Å². The van der Waals surface area contributed by atoms with Crippen LogP contribution in [0.3, 0.4) is 0 Å². The molecule has 2 aliphatic carbocycles. The first-order valence-electron chi connectivity index (χ1n) is 10.2. The molecule has 2 saturated carbocycles. The van der Waals surface area contributed by atoms with Gasteiger partial charge in [-0.15, -0.1) is 0 Å². The number of hydrogen-bond donors (Lipinski definition) is 2. The van der Waals surface area contributed by atoms with Gasteiger partial charge in [-0.3, -0.25) is 9.59 Å². The smallest absolute Gasteiger partial charge is 0.251 e. The van der Waals surface area contributed by atoms with Crippen molar-refractivity contribution in [2.24, 2.45) is 5.92 Å². The van der Waals surface area contributed by atoms with Gasteiger partial charge in [-0.2, -0.15) is 0 Å². The predicted molar refractivity (Wildman–Crippen MR) is 116 cm³/mol. The van der Waals surface area contributed by atoms with E-state index in [0.717, 1.165) is 38.5 Å². The van der Waals surface area contributed by atoms with Gasteiger partial charge in [-0.25, -0.2) is 4.98 Å². The highest BCUT2D eigenvalue weighted by Gasteiger charge is 2.28. The molecule has 8 heteroatoms. The Bertz CT molecular complexity index is 924. The molecule has 0 saturated heterocycles. The van der Waals surface area contributed by atoms with Crippen molar-refractivity contribution in [3.8, 4) is 5.88 Å². The summed E-state index contributed by atoms with van der Waals surface area (Å²) < 4.78 is 5.88. The molecular weight excluding hydrogens is 425 g/mol. The van der Waals surface area contributed by atoms with Crippen molar-refractivity contribution in [3.05, 3.63) is 52.1 Å². The van der Waals surface area contributed by atoms with E-state index < -0.39 is 0 Å². The van der Waals surface area contributed by atoms with Crippen LogP contribution in [0.4, 0.5) is 5.69 Å². The standard InChI is InChI=1S/C22H23Cl2N3O3/c23-15-11-19(24)22(25-12-15)30-18-9-3-14(4-10-18)21(29)26-16-5-1-13(2-6-16)20(28)27-17-7-8-17/h1-2,5-6,11-12,14,17-18H,3-4,7-10H2,(H,26,29)(H,27,28). The molecule has 0 radical (unpaired) electrons. The number of nitrogens with one attached hydrogen (secondary N) is 2. The second-order valence-corrected chi connectivity index (χ2v) is 8.69. The van der Waals surface area contributed by atoms with Crippen LogP contribution in [0, 0.1) is 5.92 Å². The number of anilines is 1. The van der Waals surface area contributed by atoms with Crippen molar-refractivity contribution in [1.82, 2.24) is 10.3 Å². The maximum Gasteiger partial charge on any atom is 0.251 e. The molecule has 2 aliphatic rings. The number of aromatic nitrogens is 1. The van der Waals surface area contributed by atoms with E-state index in [1.54, 1.807) is 30.3 Å². The van der Waals surface area contributed by atoms with Crippen LogP contribution in [0.15, 0.2) is 36.5 Å². The Labute approximate surface area is 185 Å². The molecule has 2 fully saturated rings. The number of ether oxygens (including phenoxy) is 1. The molecule has 2 aromatic rings. The van der Waals surface area contributed by atoms with E-state index in [4.69, 9.17) is 27.9 Å². The zero-order valence-electron chi connectivity index (χ0n) is 16.4. The molecule has 0 spiro atoms. The van der Waals surface area contributed by atoms with Gasteiger partial charge in [0.1, 0.15) is 11.1 Å². The number of rotatable bonds is 6. The fourth-order valence-corrected chi connectivity index (χ4v) is 3.96. The van der Waals surface area contributed by atoms with E-state index in [0.29, 0.717) is 33.2 Å². The minimum Gasteiger partial charge on any atom is -0.473 e. The number of carbonyl (C=O) groups is 2. The summed E-state index contributed by atoms with van der Waals surface area (Å²) in [4.78, 5) is 28.8. The zero-order chi connectivity index (χ0) is 21.1. The summed E-state index contributed by atoms with van der Waals surface area (Å²) in [7, 11) is 0. The van der Waals surface area contributed by atoms with Crippen LogP contribution in [-0.2, 0) is 4.79 Å². The first-order valence-corrected chi connectivity index (χ1v) is 10.9. The van der Waals surface area contributed by atoms with E-state index in [1.165, 1.54) is 6.20 Å². The van der Waals surface area contributed by atoms with Gasteiger partial charge in [0.2, 0.25) is 11.8 Å². The molecule has 0 atom stereocenters. The second kappa shape index (κ2) is 9.23. The van der Waals surface area contributed by atoms with Crippen LogP contribution in [0.1, 0.15) is 48.9 Å². The number of halogens is 2. The minimum atomic E-state index is -0.0728. The molecule has 30 heavy (non-hydrogen) atoms. The van der Waals surface area contributed by atoms with E-state index in [2.05, 4.69) is 15.6 Å². The lowest BCUT2D eigenvalue weighted by Crippen LogP contribution is -2.31. The first-order chi connectivity index (χ1) is 14.5. The molecule has 2 N–H and O–H groups in total. The Morgan fingerprint density at radius 2 is 1.70 bits per heavy atom. The zero-order valence-corrected chi connectivity index (χ0v) is 17.9. The van der Waals surface area contributed by atoms with E-state index >= 15 is 0 Å². The third kappa shape index (κ3) is 5.43. The molecule has 2 amide bonds. The van der Waals surface area contributed by atoms with Gasteiger partial charge in [-0.05, 0) is 68.9 Å². The fourth-order valence-electron chi connectivity index (χ4n) is 3.54. The van der Waals surface area contributed by atoms with E-state index in [1.807, 2.05) is 0 Å². The van der Waals surface area contributed by atoms with Crippen LogP contribution >= 0.6 is 23.2 Å². The maximum absolute atomic E-state index is 12.6. The SMILES string of the molecule is O=C(NC1CC1)c1ccc(NC(=O)C2CCC(Oc3ncc(Cl)cc3Cl)CC2)cc1. The number of nitrogens with zero attached hydrogens (tertiary/aromatic N) is 1. The molecule has 1 aromatic heterocycles. The molecule has 0 unspecified atom stereocenters. The van der Waals surface area contributed by atoms with Gasteiger partial charge in [0.05, 0.1) is 5.02 Å². The van der Waals surface area contributed by atoms with E-state index in [-0.39, 0.29) is 23.8 Å². The summed E-state index contributed by atoms with van der Waals surface area (Å²) in [6.45, 7) is 0. The number of pyridine rings is 1. The Kier molecular flexibility index (Phi) is 6.44. The van der Waals surface area contributed by atoms with Gasteiger partial charge in [0, 0.05) is 29.4 Å². The lowest BCUT2D eigenvalue weighted by molar-refractivity contribution is -0.121. The number of amides is 2. The normalized spacial score (nSPS) is 21.0. The van der Waals surface area contributed by atoms with Crippen LogP contribution in [0.25, 0.3) is 0 Å². The quantitative estimate of drug-likeness (QED) is 0.662. The van der Waals surface area contributed by atoms with Crippen molar-refractivity contribution in [3.63, 3.8) is 0 Å². The largest absolute Gasteiger partial charge is 0.473 e. The summed E-state index contributed by atoms with van der Waals surface area (Å²) in [6, 6.07) is 8.93. The Hall–Kier alpha value is -2.31. The highest BCUT2D eigenvalue weighted by Crippen LogP contribution is 2.31. The van der Waals surface area contributed by atoms with Crippen molar-refractivity contribution in [2.45, 2.75) is 50.7 Å². The minimum absolute atomic E-state index is 0.00807.